The largest absolute Gasteiger partial charge is 0.139 e. The van der Waals surface area contributed by atoms with Crippen molar-refractivity contribution in [2.45, 2.75) is 26.7 Å². The van der Waals surface area contributed by atoms with Crippen molar-refractivity contribution in [3.63, 3.8) is 0 Å². The molecule has 122 valence electrons. The topological polar surface area (TPSA) is 0 Å². The van der Waals surface area contributed by atoms with Gasteiger partial charge in [-0.15, -0.1) is 45.3 Å². The fourth-order valence-electron chi connectivity index (χ4n) is 2.61. The Hall–Kier alpha value is -1.20. The molecule has 0 amide bonds. The zero-order valence-electron chi connectivity index (χ0n) is 13.7. The van der Waals surface area contributed by atoms with Gasteiger partial charge in [-0.3, -0.25) is 0 Å². The maximum absolute atomic E-state index is 2.27. The lowest BCUT2D eigenvalue weighted by Gasteiger charge is -1.92. The second-order valence-electron chi connectivity index (χ2n) is 5.57. The molecule has 4 rings (SSSR count). The summed E-state index contributed by atoms with van der Waals surface area (Å²) in [4.78, 5) is 11.2. The Bertz CT molecular complexity index is 869. The first-order valence-electron chi connectivity index (χ1n) is 8.15. The number of thiophene rings is 4. The number of aryl methyl sites for hydroxylation is 2. The van der Waals surface area contributed by atoms with Crippen LogP contribution in [0.5, 0.6) is 0 Å². The maximum Gasteiger partial charge on any atom is 0.0449 e. The summed E-state index contributed by atoms with van der Waals surface area (Å²) >= 11 is 7.65. The summed E-state index contributed by atoms with van der Waals surface area (Å²) < 4.78 is 0. The SMILES string of the molecule is CCc1ccc(-c2ccc(-c3ccc(-c4ccc(CC)s4)s3)s2)s1. The minimum Gasteiger partial charge on any atom is -0.139 e. The monoisotopic (exact) mass is 386 g/mol. The smallest absolute Gasteiger partial charge is 0.0449 e. The zero-order valence-corrected chi connectivity index (χ0v) is 16.9. The van der Waals surface area contributed by atoms with Crippen LogP contribution >= 0.6 is 45.3 Å². The molecule has 4 aromatic rings. The molecule has 0 radical (unpaired) electrons. The quantitative estimate of drug-likeness (QED) is 0.325. The molecule has 0 aliphatic rings. The lowest BCUT2D eigenvalue weighted by atomic mass is 10.3. The van der Waals surface area contributed by atoms with Crippen LogP contribution in [0.3, 0.4) is 0 Å². The lowest BCUT2D eigenvalue weighted by Crippen LogP contribution is -1.63. The fourth-order valence-corrected chi connectivity index (χ4v) is 6.78. The molecular formula is C20H18S4. The van der Waals surface area contributed by atoms with E-state index in [4.69, 9.17) is 0 Å². The summed E-state index contributed by atoms with van der Waals surface area (Å²) in [5.41, 5.74) is 0. The molecule has 4 heteroatoms. The van der Waals surface area contributed by atoms with Gasteiger partial charge in [0.2, 0.25) is 0 Å². The van der Waals surface area contributed by atoms with Crippen LogP contribution in [0.2, 0.25) is 0 Å². The molecule has 0 N–H and O–H groups in total. The normalized spacial score (nSPS) is 11.2. The molecule has 0 saturated heterocycles. The average molecular weight is 387 g/mol. The van der Waals surface area contributed by atoms with Crippen LogP contribution in [-0.4, -0.2) is 0 Å². The van der Waals surface area contributed by atoms with Gasteiger partial charge in [-0.05, 0) is 61.4 Å². The number of hydrogen-bond acceptors (Lipinski definition) is 4. The number of rotatable bonds is 5. The van der Waals surface area contributed by atoms with Gasteiger partial charge in [0.05, 0.1) is 0 Å². The summed E-state index contributed by atoms with van der Waals surface area (Å²) in [7, 11) is 0. The van der Waals surface area contributed by atoms with Crippen LogP contribution in [-0.2, 0) is 12.8 Å². The van der Waals surface area contributed by atoms with E-state index in [0.29, 0.717) is 0 Å². The van der Waals surface area contributed by atoms with Crippen molar-refractivity contribution >= 4 is 45.3 Å². The van der Waals surface area contributed by atoms with E-state index in [1.54, 1.807) is 0 Å². The molecule has 0 aliphatic heterocycles. The molecule has 0 fully saturated rings. The van der Waals surface area contributed by atoms with Gasteiger partial charge < -0.3 is 0 Å². The third-order valence-electron chi connectivity index (χ3n) is 3.96. The summed E-state index contributed by atoms with van der Waals surface area (Å²) in [6, 6.07) is 18.1. The third-order valence-corrected chi connectivity index (χ3v) is 9.18. The molecule has 0 bridgehead atoms. The first kappa shape index (κ1) is 16.3. The summed E-state index contributed by atoms with van der Waals surface area (Å²) in [6.45, 7) is 4.44. The van der Waals surface area contributed by atoms with E-state index in [1.165, 1.54) is 39.0 Å². The van der Waals surface area contributed by atoms with Crippen LogP contribution in [0.15, 0.2) is 48.5 Å². The van der Waals surface area contributed by atoms with Gasteiger partial charge in [0.15, 0.2) is 0 Å². The maximum atomic E-state index is 2.27. The minimum absolute atomic E-state index is 1.12. The van der Waals surface area contributed by atoms with Crippen molar-refractivity contribution in [1.82, 2.24) is 0 Å². The highest BCUT2D eigenvalue weighted by molar-refractivity contribution is 7.28. The molecule has 0 spiro atoms. The molecule has 0 unspecified atom stereocenters. The zero-order chi connectivity index (χ0) is 16.5. The fraction of sp³-hybridized carbons (Fsp3) is 0.200. The standard InChI is InChI=1S/C20H18S4/c1-3-13-5-7-15(21-13)17-9-11-19(23-17)20-12-10-18(24-20)16-8-6-14(4-2)22-16/h5-12H,3-4H2,1-2H3. The Kier molecular flexibility index (Phi) is 4.72. The highest BCUT2D eigenvalue weighted by Gasteiger charge is 2.11. The van der Waals surface area contributed by atoms with Crippen LogP contribution in [0.1, 0.15) is 23.6 Å². The van der Waals surface area contributed by atoms with Gasteiger partial charge in [0.1, 0.15) is 0 Å². The third kappa shape index (κ3) is 3.16. The van der Waals surface area contributed by atoms with Crippen molar-refractivity contribution in [1.29, 1.82) is 0 Å². The Labute approximate surface area is 159 Å². The molecule has 0 nitrogen and oxygen atoms in total. The van der Waals surface area contributed by atoms with Gasteiger partial charge in [-0.1, -0.05) is 13.8 Å². The average Bonchev–Trinajstić information content (AvgIpc) is 3.40. The van der Waals surface area contributed by atoms with E-state index >= 15 is 0 Å². The first-order valence-corrected chi connectivity index (χ1v) is 11.4. The molecule has 24 heavy (non-hydrogen) atoms. The highest BCUT2D eigenvalue weighted by atomic mass is 32.1. The van der Waals surface area contributed by atoms with Crippen LogP contribution < -0.4 is 0 Å². The van der Waals surface area contributed by atoms with E-state index in [0.717, 1.165) is 12.8 Å². The summed E-state index contributed by atoms with van der Waals surface area (Å²) in [6.07, 6.45) is 2.25. The Balaban J connectivity index is 1.60. The predicted octanol–water partition coefficient (Wildman–Crippen LogP) is 8.06. The van der Waals surface area contributed by atoms with E-state index < -0.39 is 0 Å². The van der Waals surface area contributed by atoms with Gasteiger partial charge in [0, 0.05) is 39.0 Å². The molecule has 0 aromatic carbocycles. The Morgan fingerprint density at radius 2 is 0.750 bits per heavy atom. The molecule has 0 aliphatic carbocycles. The van der Waals surface area contributed by atoms with Crippen molar-refractivity contribution in [2.24, 2.45) is 0 Å². The second-order valence-corrected chi connectivity index (χ2v) is 10.1. The van der Waals surface area contributed by atoms with Gasteiger partial charge in [-0.25, -0.2) is 0 Å². The highest BCUT2D eigenvalue weighted by Crippen LogP contribution is 2.42. The van der Waals surface area contributed by atoms with Crippen LogP contribution in [0.25, 0.3) is 29.3 Å². The lowest BCUT2D eigenvalue weighted by molar-refractivity contribution is 1.19. The van der Waals surface area contributed by atoms with E-state index in [1.807, 2.05) is 45.3 Å². The molecule has 4 heterocycles. The number of hydrogen-bond donors (Lipinski definition) is 0. The van der Waals surface area contributed by atoms with Crippen molar-refractivity contribution < 1.29 is 0 Å². The molecular weight excluding hydrogens is 368 g/mol. The van der Waals surface area contributed by atoms with Crippen molar-refractivity contribution in [3.05, 3.63) is 58.3 Å². The van der Waals surface area contributed by atoms with Crippen molar-refractivity contribution in [3.8, 4) is 29.3 Å². The predicted molar refractivity (Wildman–Crippen MR) is 113 cm³/mol. The van der Waals surface area contributed by atoms with Crippen LogP contribution in [0.4, 0.5) is 0 Å². The molecule has 0 atom stereocenters. The van der Waals surface area contributed by atoms with Gasteiger partial charge in [-0.2, -0.15) is 0 Å². The van der Waals surface area contributed by atoms with E-state index in [9.17, 15) is 0 Å². The summed E-state index contributed by atoms with van der Waals surface area (Å²) in [5, 5.41) is 0. The second kappa shape index (κ2) is 6.96. The van der Waals surface area contributed by atoms with Gasteiger partial charge in [0.25, 0.3) is 0 Å². The molecule has 0 saturated carbocycles. The molecule has 4 aromatic heterocycles. The first-order chi connectivity index (χ1) is 11.8. The van der Waals surface area contributed by atoms with E-state index in [2.05, 4.69) is 62.4 Å². The van der Waals surface area contributed by atoms with Crippen molar-refractivity contribution in [2.75, 3.05) is 0 Å². The minimum atomic E-state index is 1.12. The van der Waals surface area contributed by atoms with Crippen LogP contribution in [0, 0.1) is 0 Å². The van der Waals surface area contributed by atoms with E-state index in [-0.39, 0.29) is 0 Å². The Morgan fingerprint density at radius 1 is 0.458 bits per heavy atom. The Morgan fingerprint density at radius 3 is 1.04 bits per heavy atom. The summed E-state index contributed by atoms with van der Waals surface area (Å²) in [5.74, 6) is 0. The van der Waals surface area contributed by atoms with Gasteiger partial charge >= 0.3 is 0 Å².